The van der Waals surface area contributed by atoms with Crippen LogP contribution in [0.25, 0.3) is 0 Å². The Morgan fingerprint density at radius 3 is 1.67 bits per heavy atom. The zero-order valence-corrected chi connectivity index (χ0v) is 25.6. The number of benzene rings is 3. The Labute approximate surface area is 253 Å². The topological polar surface area (TPSA) is 46.2 Å². The molecule has 228 valence electrons. The molecule has 42 heavy (non-hydrogen) atoms. The molecule has 0 aromatic heterocycles. The van der Waals surface area contributed by atoms with E-state index in [4.69, 9.17) is 23.7 Å². The van der Waals surface area contributed by atoms with Crippen molar-refractivity contribution in [2.45, 2.75) is 115 Å². The van der Waals surface area contributed by atoms with Gasteiger partial charge in [-0.15, -0.1) is 0 Å². The first-order valence-corrected chi connectivity index (χ1v) is 15.9. The van der Waals surface area contributed by atoms with Crippen LogP contribution in [0.2, 0.25) is 0 Å². The summed E-state index contributed by atoms with van der Waals surface area (Å²) >= 11 is 0. The average Bonchev–Trinajstić information content (AvgIpc) is 3.38. The van der Waals surface area contributed by atoms with Crippen LogP contribution in [0, 0.1) is 0 Å². The summed E-state index contributed by atoms with van der Waals surface area (Å²) in [5.74, 6) is 0. The summed E-state index contributed by atoms with van der Waals surface area (Å²) in [5, 5.41) is 0. The van der Waals surface area contributed by atoms with E-state index in [2.05, 4.69) is 55.5 Å². The highest BCUT2D eigenvalue weighted by atomic mass is 16.7. The van der Waals surface area contributed by atoms with E-state index in [9.17, 15) is 0 Å². The number of ether oxygens (including phenoxy) is 5. The molecule has 0 unspecified atom stereocenters. The van der Waals surface area contributed by atoms with Gasteiger partial charge in [-0.2, -0.15) is 0 Å². The molecule has 0 aliphatic carbocycles. The summed E-state index contributed by atoms with van der Waals surface area (Å²) in [5.41, 5.74) is 3.42. The largest absolute Gasteiger partial charge is 0.373 e. The highest BCUT2D eigenvalue weighted by Crippen LogP contribution is 2.33. The first kappa shape index (κ1) is 32.4. The number of hydrogen-bond acceptors (Lipinski definition) is 5. The molecule has 0 bridgehead atoms. The molecule has 1 saturated heterocycles. The van der Waals surface area contributed by atoms with Crippen molar-refractivity contribution in [2.24, 2.45) is 0 Å². The fourth-order valence-corrected chi connectivity index (χ4v) is 5.63. The third-order valence-electron chi connectivity index (χ3n) is 8.02. The minimum atomic E-state index is -0.507. The maximum Gasteiger partial charge on any atom is 0.186 e. The normalized spacial score (nSPS) is 21.0. The van der Waals surface area contributed by atoms with E-state index < -0.39 is 6.29 Å². The first-order chi connectivity index (χ1) is 20.8. The zero-order chi connectivity index (χ0) is 29.2. The van der Waals surface area contributed by atoms with Gasteiger partial charge >= 0.3 is 0 Å². The lowest BCUT2D eigenvalue weighted by Gasteiger charge is -2.27. The molecule has 0 radical (unpaired) electrons. The second kappa shape index (κ2) is 18.9. The van der Waals surface area contributed by atoms with E-state index in [-0.39, 0.29) is 24.4 Å². The highest BCUT2D eigenvalue weighted by molar-refractivity contribution is 5.15. The molecule has 0 saturated carbocycles. The van der Waals surface area contributed by atoms with Gasteiger partial charge in [0.2, 0.25) is 0 Å². The van der Waals surface area contributed by atoms with Gasteiger partial charge in [0.05, 0.1) is 32.0 Å². The minimum absolute atomic E-state index is 0.0547. The van der Waals surface area contributed by atoms with Crippen LogP contribution in [0.1, 0.15) is 81.4 Å². The fourth-order valence-electron chi connectivity index (χ4n) is 5.63. The van der Waals surface area contributed by atoms with E-state index >= 15 is 0 Å². The highest BCUT2D eigenvalue weighted by Gasteiger charge is 2.47. The van der Waals surface area contributed by atoms with Crippen LogP contribution in [-0.2, 0) is 43.5 Å². The van der Waals surface area contributed by atoms with Crippen molar-refractivity contribution >= 4 is 0 Å². The summed E-state index contributed by atoms with van der Waals surface area (Å²) in [6.45, 7) is 3.81. The Morgan fingerprint density at radius 1 is 0.619 bits per heavy atom. The predicted octanol–water partition coefficient (Wildman–Crippen LogP) is 8.64. The Kier molecular flexibility index (Phi) is 14.6. The third kappa shape index (κ3) is 10.9. The molecule has 3 aromatic carbocycles. The van der Waals surface area contributed by atoms with Gasteiger partial charge < -0.3 is 23.7 Å². The Hall–Kier alpha value is -2.54. The molecular weight excluding hydrogens is 524 g/mol. The molecule has 5 heteroatoms. The van der Waals surface area contributed by atoms with Gasteiger partial charge in [0.15, 0.2) is 6.29 Å². The summed E-state index contributed by atoms with van der Waals surface area (Å²) in [4.78, 5) is 0. The van der Waals surface area contributed by atoms with Crippen LogP contribution in [-0.4, -0.2) is 37.8 Å². The zero-order valence-electron chi connectivity index (χ0n) is 25.6. The van der Waals surface area contributed by atoms with Gasteiger partial charge in [0, 0.05) is 13.5 Å². The average molecular weight is 575 g/mol. The van der Waals surface area contributed by atoms with Crippen molar-refractivity contribution in [1.82, 2.24) is 0 Å². The smallest absolute Gasteiger partial charge is 0.186 e. The molecule has 1 aliphatic rings. The van der Waals surface area contributed by atoms with Crippen molar-refractivity contribution in [3.05, 3.63) is 108 Å². The quantitative estimate of drug-likeness (QED) is 0.126. The van der Waals surface area contributed by atoms with Gasteiger partial charge in [-0.1, -0.05) is 143 Å². The van der Waals surface area contributed by atoms with Gasteiger partial charge in [-0.25, -0.2) is 0 Å². The predicted molar refractivity (Wildman–Crippen MR) is 168 cm³/mol. The lowest BCUT2D eigenvalue weighted by Crippen LogP contribution is -2.39. The maximum absolute atomic E-state index is 6.59. The number of rotatable bonds is 20. The molecule has 4 rings (SSSR count). The first-order valence-electron chi connectivity index (χ1n) is 15.9. The van der Waals surface area contributed by atoms with Crippen LogP contribution in [0.3, 0.4) is 0 Å². The Morgan fingerprint density at radius 2 is 1.12 bits per heavy atom. The second-order valence-electron chi connectivity index (χ2n) is 11.4. The van der Waals surface area contributed by atoms with Crippen LogP contribution in [0.4, 0.5) is 0 Å². The Balaban J connectivity index is 1.43. The SMILES string of the molecule is CCCCCCCCC[C@H](C[C@H]1O[C@@H](OC)[C@H](OCc2ccccc2)[C@@H]1OCc1ccccc1)OCc1ccccc1. The molecule has 0 spiro atoms. The van der Waals surface area contributed by atoms with Crippen LogP contribution < -0.4 is 0 Å². The number of methoxy groups -OCH3 is 1. The van der Waals surface area contributed by atoms with Gasteiger partial charge in [0.1, 0.15) is 12.2 Å². The lowest BCUT2D eigenvalue weighted by atomic mass is 9.99. The molecular formula is C37H50O5. The molecule has 1 heterocycles. The third-order valence-corrected chi connectivity index (χ3v) is 8.02. The van der Waals surface area contributed by atoms with E-state index in [1.807, 2.05) is 42.5 Å². The van der Waals surface area contributed by atoms with Crippen LogP contribution in [0.5, 0.6) is 0 Å². The lowest BCUT2D eigenvalue weighted by molar-refractivity contribution is -0.169. The summed E-state index contributed by atoms with van der Waals surface area (Å²) in [6.07, 6.45) is 9.38. The molecule has 3 aromatic rings. The number of unbranched alkanes of at least 4 members (excludes halogenated alkanes) is 6. The monoisotopic (exact) mass is 574 g/mol. The van der Waals surface area contributed by atoms with Crippen molar-refractivity contribution in [1.29, 1.82) is 0 Å². The van der Waals surface area contributed by atoms with E-state index in [0.29, 0.717) is 19.8 Å². The Bertz CT molecular complexity index is 1080. The standard InChI is InChI=1S/C37H50O5/c1-3-4-5-6-7-8-18-25-33(39-27-30-19-12-9-13-20-30)26-34-35(40-28-31-21-14-10-15-22-31)36(37(38-2)42-34)41-29-32-23-16-11-17-24-32/h9-17,19-24,33-37H,3-8,18,25-29H2,1-2H3/t33-,34-,35-,36-,37-/m1/s1. The van der Waals surface area contributed by atoms with Gasteiger partial charge in [0.25, 0.3) is 0 Å². The van der Waals surface area contributed by atoms with Crippen molar-refractivity contribution in [3.8, 4) is 0 Å². The molecule has 5 atom stereocenters. The number of hydrogen-bond donors (Lipinski definition) is 0. The second-order valence-corrected chi connectivity index (χ2v) is 11.4. The summed E-state index contributed by atoms with van der Waals surface area (Å²) < 4.78 is 31.9. The molecule has 5 nitrogen and oxygen atoms in total. The van der Waals surface area contributed by atoms with Crippen molar-refractivity contribution in [2.75, 3.05) is 7.11 Å². The van der Waals surface area contributed by atoms with Gasteiger partial charge in [-0.05, 0) is 23.1 Å². The summed E-state index contributed by atoms with van der Waals surface area (Å²) in [6, 6.07) is 30.9. The maximum atomic E-state index is 6.59. The van der Waals surface area contributed by atoms with Crippen molar-refractivity contribution in [3.63, 3.8) is 0 Å². The molecule has 0 amide bonds. The summed E-state index contributed by atoms with van der Waals surface area (Å²) in [7, 11) is 1.68. The molecule has 1 aliphatic heterocycles. The van der Waals surface area contributed by atoms with E-state index in [1.54, 1.807) is 7.11 Å². The van der Waals surface area contributed by atoms with Crippen LogP contribution in [0.15, 0.2) is 91.0 Å². The van der Waals surface area contributed by atoms with E-state index in [0.717, 1.165) is 30.4 Å². The molecule has 1 fully saturated rings. The van der Waals surface area contributed by atoms with Crippen molar-refractivity contribution < 1.29 is 23.7 Å². The van der Waals surface area contributed by atoms with Crippen LogP contribution >= 0.6 is 0 Å². The van der Waals surface area contributed by atoms with E-state index in [1.165, 1.54) is 44.1 Å². The molecule has 0 N–H and O–H groups in total. The van der Waals surface area contributed by atoms with Gasteiger partial charge in [-0.3, -0.25) is 0 Å². The fraction of sp³-hybridized carbons (Fsp3) is 0.514. The minimum Gasteiger partial charge on any atom is -0.373 e.